The van der Waals surface area contributed by atoms with Crippen LogP contribution in [0.1, 0.15) is 31.4 Å². The minimum absolute atomic E-state index is 0.106. The van der Waals surface area contributed by atoms with Crippen molar-refractivity contribution in [1.82, 2.24) is 15.8 Å². The van der Waals surface area contributed by atoms with Gasteiger partial charge in [-0.05, 0) is 43.2 Å². The molecule has 8 nitrogen and oxygen atoms in total. The first-order valence-corrected chi connectivity index (χ1v) is 10.4. The summed E-state index contributed by atoms with van der Waals surface area (Å²) < 4.78 is 5.44. The summed E-state index contributed by atoms with van der Waals surface area (Å²) in [4.78, 5) is 39.0. The molecule has 3 N–H and O–H groups in total. The van der Waals surface area contributed by atoms with Crippen LogP contribution in [0.15, 0.2) is 54.6 Å². The van der Waals surface area contributed by atoms with Crippen LogP contribution in [0, 0.1) is 0 Å². The Morgan fingerprint density at radius 1 is 1.10 bits per heavy atom. The van der Waals surface area contributed by atoms with E-state index in [0.29, 0.717) is 25.1 Å². The topological polar surface area (TPSA) is 92.2 Å². The molecule has 2 atom stereocenters. The van der Waals surface area contributed by atoms with E-state index in [1.54, 1.807) is 12.1 Å². The van der Waals surface area contributed by atoms with E-state index < -0.39 is 23.4 Å². The summed E-state index contributed by atoms with van der Waals surface area (Å²) >= 11 is 0. The van der Waals surface area contributed by atoms with E-state index in [4.69, 9.17) is 4.74 Å². The quantitative estimate of drug-likeness (QED) is 0.523. The molecule has 0 bridgehead atoms. The minimum atomic E-state index is -1.17. The van der Waals surface area contributed by atoms with Gasteiger partial charge in [-0.25, -0.2) is 4.79 Å². The highest BCUT2D eigenvalue weighted by atomic mass is 16.5. The van der Waals surface area contributed by atoms with Gasteiger partial charge in [0.05, 0.1) is 13.7 Å². The Bertz CT molecular complexity index is 932. The van der Waals surface area contributed by atoms with Gasteiger partial charge < -0.3 is 15.0 Å². The third-order valence-corrected chi connectivity index (χ3v) is 5.33. The van der Waals surface area contributed by atoms with Crippen LogP contribution in [0.4, 0.5) is 4.79 Å². The van der Waals surface area contributed by atoms with Gasteiger partial charge in [-0.2, -0.15) is 5.01 Å². The highest BCUT2D eigenvalue weighted by Gasteiger charge is 2.52. The molecule has 0 aliphatic carbocycles. The number of ether oxygens (including phenoxy) is 1. The molecule has 4 amide bonds. The van der Waals surface area contributed by atoms with Gasteiger partial charge in [0.25, 0.3) is 11.8 Å². The Kier molecular flexibility index (Phi) is 6.91. The summed E-state index contributed by atoms with van der Waals surface area (Å²) in [5, 5.41) is 3.55. The van der Waals surface area contributed by atoms with E-state index >= 15 is 0 Å². The zero-order chi connectivity index (χ0) is 22.4. The van der Waals surface area contributed by atoms with Crippen LogP contribution < -0.4 is 20.4 Å². The number of hydrogen-bond donors (Lipinski definition) is 3. The zero-order valence-electron chi connectivity index (χ0n) is 18.1. The van der Waals surface area contributed by atoms with Gasteiger partial charge in [0.2, 0.25) is 0 Å². The molecule has 0 spiro atoms. The number of rotatable bonds is 9. The van der Waals surface area contributed by atoms with E-state index in [2.05, 4.69) is 10.7 Å². The summed E-state index contributed by atoms with van der Waals surface area (Å²) in [6, 6.07) is 16.1. The molecule has 164 valence electrons. The predicted molar refractivity (Wildman–Crippen MR) is 115 cm³/mol. The Morgan fingerprint density at radius 3 is 2.39 bits per heavy atom. The molecule has 2 aromatic rings. The highest BCUT2D eigenvalue weighted by Crippen LogP contribution is 2.31. The largest absolute Gasteiger partial charge is 0.494 e. The van der Waals surface area contributed by atoms with E-state index in [1.807, 2.05) is 63.4 Å². The molecule has 1 fully saturated rings. The van der Waals surface area contributed by atoms with Gasteiger partial charge in [0.15, 0.2) is 6.54 Å². The lowest BCUT2D eigenvalue weighted by Crippen LogP contribution is -3.09. The van der Waals surface area contributed by atoms with Crippen LogP contribution in [-0.2, 0) is 21.7 Å². The van der Waals surface area contributed by atoms with Crippen molar-refractivity contribution in [1.29, 1.82) is 0 Å². The summed E-state index contributed by atoms with van der Waals surface area (Å²) in [6.45, 7) is 5.08. The predicted octanol–water partition coefficient (Wildman–Crippen LogP) is 0.989. The fourth-order valence-electron chi connectivity index (χ4n) is 3.76. The number of likely N-dealkylation sites (N-methyl/N-ethyl adjacent to an activating group) is 1. The molecule has 31 heavy (non-hydrogen) atoms. The van der Waals surface area contributed by atoms with Crippen LogP contribution in [-0.4, -0.2) is 43.1 Å². The maximum atomic E-state index is 13.1. The number of urea groups is 1. The van der Waals surface area contributed by atoms with Gasteiger partial charge in [-0.3, -0.25) is 15.0 Å². The van der Waals surface area contributed by atoms with Crippen molar-refractivity contribution in [2.75, 3.05) is 20.2 Å². The number of quaternary nitrogens is 1. The van der Waals surface area contributed by atoms with Gasteiger partial charge in [-0.15, -0.1) is 0 Å². The molecule has 0 radical (unpaired) electrons. The summed E-state index contributed by atoms with van der Waals surface area (Å²) in [6.07, 6.45) is 0.372. The first kappa shape index (κ1) is 22.3. The van der Waals surface area contributed by atoms with Crippen molar-refractivity contribution in [3.63, 3.8) is 0 Å². The Balaban J connectivity index is 1.61. The number of carbonyl (C=O) groups is 3. The first-order valence-electron chi connectivity index (χ1n) is 10.4. The number of hydrogen-bond acceptors (Lipinski definition) is 4. The number of carbonyl (C=O) groups excluding carboxylic acids is 3. The first-order chi connectivity index (χ1) is 14.9. The van der Waals surface area contributed by atoms with E-state index in [9.17, 15) is 14.4 Å². The summed E-state index contributed by atoms with van der Waals surface area (Å²) in [5.74, 6) is -0.0892. The maximum Gasteiger partial charge on any atom is 0.344 e. The molecule has 1 saturated heterocycles. The number of hydrazine groups is 1. The van der Waals surface area contributed by atoms with Crippen LogP contribution in [0.25, 0.3) is 0 Å². The maximum absolute atomic E-state index is 13.1. The second-order valence-electron chi connectivity index (χ2n) is 7.62. The lowest BCUT2D eigenvalue weighted by Gasteiger charge is -2.25. The molecule has 8 heteroatoms. The van der Waals surface area contributed by atoms with Crippen LogP contribution in [0.5, 0.6) is 5.75 Å². The van der Waals surface area contributed by atoms with E-state index in [-0.39, 0.29) is 6.54 Å². The minimum Gasteiger partial charge on any atom is -0.494 e. The van der Waals surface area contributed by atoms with Crippen molar-refractivity contribution < 1.29 is 24.0 Å². The smallest absolute Gasteiger partial charge is 0.344 e. The molecular formula is C23H29N4O4+. The fraction of sp³-hybridized carbons (Fsp3) is 0.348. The molecule has 1 aliphatic rings. The second kappa shape index (κ2) is 9.61. The second-order valence-corrected chi connectivity index (χ2v) is 7.62. The highest BCUT2D eigenvalue weighted by molar-refractivity contribution is 6.08. The number of imide groups is 1. The Hall–Kier alpha value is -3.39. The summed E-state index contributed by atoms with van der Waals surface area (Å²) in [7, 11) is 1.88. The van der Waals surface area contributed by atoms with Gasteiger partial charge in [0.1, 0.15) is 17.8 Å². The third kappa shape index (κ3) is 4.86. The van der Waals surface area contributed by atoms with Crippen LogP contribution in [0.2, 0.25) is 0 Å². The average molecular weight is 426 g/mol. The SMILES string of the molecule is CCOc1ccc(C[NH+](C)CC(=O)NN2C(=O)N[C@@](CC)(c3ccccc3)C2=O)cc1. The zero-order valence-corrected chi connectivity index (χ0v) is 18.1. The molecule has 1 unspecified atom stereocenters. The van der Waals surface area contributed by atoms with Crippen LogP contribution >= 0.6 is 0 Å². The number of nitrogens with one attached hydrogen (secondary N) is 3. The lowest BCUT2D eigenvalue weighted by molar-refractivity contribution is -0.885. The molecule has 3 rings (SSSR count). The van der Waals surface area contributed by atoms with Gasteiger partial charge in [-0.1, -0.05) is 37.3 Å². The molecule has 0 saturated carbocycles. The third-order valence-electron chi connectivity index (χ3n) is 5.33. The van der Waals surface area contributed by atoms with Crippen LogP contribution in [0.3, 0.4) is 0 Å². The molecule has 1 aliphatic heterocycles. The lowest BCUT2D eigenvalue weighted by atomic mass is 9.87. The molecule has 1 heterocycles. The monoisotopic (exact) mass is 425 g/mol. The Morgan fingerprint density at radius 2 is 1.77 bits per heavy atom. The van der Waals surface area contributed by atoms with Crippen molar-refractivity contribution >= 4 is 17.8 Å². The molecular weight excluding hydrogens is 396 g/mol. The fourth-order valence-corrected chi connectivity index (χ4v) is 3.76. The van der Waals surface area contributed by atoms with Gasteiger partial charge in [0, 0.05) is 5.56 Å². The van der Waals surface area contributed by atoms with Crippen molar-refractivity contribution in [3.8, 4) is 5.75 Å². The molecule has 0 aromatic heterocycles. The number of amides is 4. The summed E-state index contributed by atoms with van der Waals surface area (Å²) in [5.41, 5.74) is 3.04. The normalized spacial score (nSPS) is 19.1. The standard InChI is InChI=1S/C23H28N4O4/c1-4-23(18-9-7-6-8-10-18)21(29)27(22(30)24-23)25-20(28)16-26(3)15-17-11-13-19(14-12-17)31-5-2/h6-14H,4-5,15-16H2,1-3H3,(H,24,30)(H,25,28)/p+1/t23-/m0/s1. The number of benzene rings is 2. The van der Waals surface area contributed by atoms with Crippen molar-refractivity contribution in [2.24, 2.45) is 0 Å². The van der Waals surface area contributed by atoms with E-state index in [0.717, 1.165) is 21.2 Å². The van der Waals surface area contributed by atoms with Crippen molar-refractivity contribution in [3.05, 3.63) is 65.7 Å². The Labute approximate surface area is 182 Å². The number of nitrogens with zero attached hydrogens (tertiary/aromatic N) is 1. The molecule has 2 aromatic carbocycles. The van der Waals surface area contributed by atoms with E-state index in [1.165, 1.54) is 0 Å². The van der Waals surface area contributed by atoms with Gasteiger partial charge >= 0.3 is 6.03 Å². The van der Waals surface area contributed by atoms with Crippen molar-refractivity contribution in [2.45, 2.75) is 32.4 Å². The average Bonchev–Trinajstić information content (AvgIpc) is 3.01.